The summed E-state index contributed by atoms with van der Waals surface area (Å²) in [5.41, 5.74) is 0.730. The number of rotatable bonds is 2. The van der Waals surface area contributed by atoms with E-state index >= 15 is 0 Å². The van der Waals surface area contributed by atoms with Gasteiger partial charge in [0.05, 0.1) is 16.9 Å². The highest BCUT2D eigenvalue weighted by molar-refractivity contribution is 8.07. The number of thioether (sulfide) groups is 2. The molecular weight excluding hydrogens is 264 g/mol. The minimum absolute atomic E-state index is 0.201. The molecule has 90 valence electrons. The van der Waals surface area contributed by atoms with Gasteiger partial charge in [0, 0.05) is 29.1 Å². The smallest absolute Gasteiger partial charge is 0.110 e. The van der Waals surface area contributed by atoms with E-state index in [0.29, 0.717) is 10.3 Å². The van der Waals surface area contributed by atoms with Crippen molar-refractivity contribution in [3.05, 3.63) is 16.9 Å². The monoisotopic (exact) mass is 278 g/mol. The molecule has 1 aliphatic rings. The van der Waals surface area contributed by atoms with E-state index in [2.05, 4.69) is 12.0 Å². The number of hydrogen-bond donors (Lipinski definition) is 1. The van der Waals surface area contributed by atoms with Gasteiger partial charge in [0.15, 0.2) is 0 Å². The highest BCUT2D eigenvalue weighted by Crippen LogP contribution is 2.39. The van der Waals surface area contributed by atoms with Gasteiger partial charge in [-0.1, -0.05) is 18.5 Å². The fourth-order valence-electron chi connectivity index (χ4n) is 1.90. The van der Waals surface area contributed by atoms with E-state index in [0.717, 1.165) is 17.2 Å². The average molecular weight is 279 g/mol. The Morgan fingerprint density at radius 3 is 2.81 bits per heavy atom. The molecule has 0 radical (unpaired) electrons. The molecule has 1 aromatic heterocycles. The van der Waals surface area contributed by atoms with Gasteiger partial charge in [-0.15, -0.1) is 0 Å². The van der Waals surface area contributed by atoms with Crippen LogP contribution in [0.5, 0.6) is 0 Å². The lowest BCUT2D eigenvalue weighted by molar-refractivity contribution is 0.164. The summed E-state index contributed by atoms with van der Waals surface area (Å²) in [5.74, 6) is 2.25. The maximum absolute atomic E-state index is 10.4. The Kier molecular flexibility index (Phi) is 4.11. The third-order valence-corrected chi connectivity index (χ3v) is 6.24. The first-order valence-electron chi connectivity index (χ1n) is 5.20. The predicted octanol–water partition coefficient (Wildman–Crippen LogP) is 2.34. The summed E-state index contributed by atoms with van der Waals surface area (Å²) in [4.78, 5) is 0. The van der Waals surface area contributed by atoms with Crippen LogP contribution in [-0.4, -0.2) is 36.9 Å². The van der Waals surface area contributed by atoms with Crippen LogP contribution >= 0.6 is 35.1 Å². The van der Waals surface area contributed by atoms with E-state index in [1.165, 1.54) is 0 Å². The minimum atomic E-state index is -0.534. The molecule has 1 aliphatic heterocycles. The van der Waals surface area contributed by atoms with Crippen molar-refractivity contribution < 1.29 is 5.11 Å². The largest absolute Gasteiger partial charge is 0.386 e. The lowest BCUT2D eigenvalue weighted by Crippen LogP contribution is -2.30. The number of halogens is 1. The molecule has 2 heterocycles. The van der Waals surface area contributed by atoms with E-state index < -0.39 is 6.10 Å². The SMILES string of the molecule is CC1SCCSC1C(O)c1c(Cl)cnn1C. The summed E-state index contributed by atoms with van der Waals surface area (Å²) in [5, 5.41) is 15.7. The number of aromatic nitrogens is 2. The first-order chi connectivity index (χ1) is 7.61. The van der Waals surface area contributed by atoms with Crippen LogP contribution in [0.3, 0.4) is 0 Å². The molecule has 0 aliphatic carbocycles. The van der Waals surface area contributed by atoms with Gasteiger partial charge in [0.2, 0.25) is 0 Å². The van der Waals surface area contributed by atoms with Crippen molar-refractivity contribution in [3.63, 3.8) is 0 Å². The van der Waals surface area contributed by atoms with Crippen molar-refractivity contribution in [1.29, 1.82) is 0 Å². The van der Waals surface area contributed by atoms with E-state index in [9.17, 15) is 5.11 Å². The van der Waals surface area contributed by atoms with E-state index in [1.807, 2.05) is 30.6 Å². The molecule has 0 bridgehead atoms. The van der Waals surface area contributed by atoms with Gasteiger partial charge in [-0.05, 0) is 0 Å². The van der Waals surface area contributed by atoms with Crippen LogP contribution in [0.2, 0.25) is 5.02 Å². The summed E-state index contributed by atoms with van der Waals surface area (Å²) in [6.45, 7) is 2.16. The Morgan fingerprint density at radius 1 is 1.56 bits per heavy atom. The highest BCUT2D eigenvalue weighted by atomic mass is 35.5. The molecule has 0 amide bonds. The molecule has 16 heavy (non-hydrogen) atoms. The zero-order chi connectivity index (χ0) is 11.7. The van der Waals surface area contributed by atoms with Crippen LogP contribution < -0.4 is 0 Å². The maximum Gasteiger partial charge on any atom is 0.110 e. The summed E-state index contributed by atoms with van der Waals surface area (Å²) in [6, 6.07) is 0. The highest BCUT2D eigenvalue weighted by Gasteiger charge is 2.32. The number of aryl methyl sites for hydroxylation is 1. The molecule has 0 spiro atoms. The van der Waals surface area contributed by atoms with Gasteiger partial charge in [-0.3, -0.25) is 4.68 Å². The summed E-state index contributed by atoms with van der Waals surface area (Å²) in [7, 11) is 1.82. The van der Waals surface area contributed by atoms with E-state index in [1.54, 1.807) is 10.9 Å². The third-order valence-electron chi connectivity index (χ3n) is 2.77. The van der Waals surface area contributed by atoms with Gasteiger partial charge < -0.3 is 5.11 Å². The van der Waals surface area contributed by atoms with Crippen LogP contribution in [0.15, 0.2) is 6.20 Å². The molecule has 1 saturated heterocycles. The quantitative estimate of drug-likeness (QED) is 0.901. The van der Waals surface area contributed by atoms with Crippen LogP contribution in [0.4, 0.5) is 0 Å². The zero-order valence-corrected chi connectivity index (χ0v) is 11.6. The van der Waals surface area contributed by atoms with Crippen LogP contribution in [0, 0.1) is 0 Å². The van der Waals surface area contributed by atoms with Crippen molar-refractivity contribution in [1.82, 2.24) is 9.78 Å². The fourth-order valence-corrected chi connectivity index (χ4v) is 4.99. The summed E-state index contributed by atoms with van der Waals surface area (Å²) < 4.78 is 1.67. The molecule has 0 aromatic carbocycles. The zero-order valence-electron chi connectivity index (χ0n) is 9.26. The molecule has 3 nitrogen and oxygen atoms in total. The first-order valence-corrected chi connectivity index (χ1v) is 7.67. The van der Waals surface area contributed by atoms with E-state index in [4.69, 9.17) is 11.6 Å². The fraction of sp³-hybridized carbons (Fsp3) is 0.700. The van der Waals surface area contributed by atoms with Gasteiger partial charge in [0.25, 0.3) is 0 Å². The molecule has 1 N–H and O–H groups in total. The number of hydrogen-bond acceptors (Lipinski definition) is 4. The summed E-state index contributed by atoms with van der Waals surface area (Å²) >= 11 is 9.78. The molecule has 2 rings (SSSR count). The maximum atomic E-state index is 10.4. The lowest BCUT2D eigenvalue weighted by atomic mass is 10.1. The summed E-state index contributed by atoms with van der Waals surface area (Å²) in [6.07, 6.45) is 1.05. The van der Waals surface area contributed by atoms with Crippen molar-refractivity contribution >= 4 is 35.1 Å². The molecule has 0 saturated carbocycles. The number of aliphatic hydroxyl groups excluding tert-OH is 1. The van der Waals surface area contributed by atoms with Gasteiger partial charge >= 0.3 is 0 Å². The topological polar surface area (TPSA) is 38.1 Å². The van der Waals surface area contributed by atoms with Crippen LogP contribution in [0.25, 0.3) is 0 Å². The number of nitrogens with zero attached hydrogens (tertiary/aromatic N) is 2. The van der Waals surface area contributed by atoms with Crippen molar-refractivity contribution in [2.45, 2.75) is 23.5 Å². The second-order valence-electron chi connectivity index (χ2n) is 3.86. The van der Waals surface area contributed by atoms with Crippen molar-refractivity contribution in [2.24, 2.45) is 7.05 Å². The predicted molar refractivity (Wildman–Crippen MR) is 71.3 cm³/mol. The first kappa shape index (κ1) is 12.6. The standard InChI is InChI=1S/C10H15ClN2OS2/c1-6-10(16-4-3-15-6)9(14)8-7(11)5-12-13(8)2/h5-6,9-10,14H,3-4H2,1-2H3. The van der Waals surface area contributed by atoms with Crippen molar-refractivity contribution in [3.8, 4) is 0 Å². The Labute approximate surface area is 109 Å². The molecule has 6 heteroatoms. The Hall–Kier alpha value is 0.160. The lowest BCUT2D eigenvalue weighted by Gasteiger charge is -2.31. The number of aliphatic hydroxyl groups is 1. The van der Waals surface area contributed by atoms with Crippen molar-refractivity contribution in [2.75, 3.05) is 11.5 Å². The Bertz CT molecular complexity index is 352. The molecule has 1 fully saturated rings. The molecule has 3 atom stereocenters. The molecule has 3 unspecified atom stereocenters. The van der Waals surface area contributed by atoms with Gasteiger partial charge in [0.1, 0.15) is 6.10 Å². The Balaban J connectivity index is 2.20. The molecule has 1 aromatic rings. The van der Waals surface area contributed by atoms with Gasteiger partial charge in [-0.2, -0.15) is 28.6 Å². The third kappa shape index (κ3) is 2.37. The van der Waals surface area contributed by atoms with E-state index in [-0.39, 0.29) is 5.25 Å². The minimum Gasteiger partial charge on any atom is -0.386 e. The van der Waals surface area contributed by atoms with Gasteiger partial charge in [-0.25, -0.2) is 0 Å². The van der Waals surface area contributed by atoms with Crippen LogP contribution in [-0.2, 0) is 7.05 Å². The second-order valence-corrected chi connectivity index (χ2v) is 7.04. The van der Waals surface area contributed by atoms with Crippen LogP contribution in [0.1, 0.15) is 18.7 Å². The normalized spacial score (nSPS) is 28.0. The average Bonchev–Trinajstić information content (AvgIpc) is 2.58. The second kappa shape index (κ2) is 5.21. The Morgan fingerprint density at radius 2 is 2.25 bits per heavy atom. The molecular formula is C10H15ClN2OS2.